The minimum atomic E-state index is 0.573. The zero-order valence-corrected chi connectivity index (χ0v) is 16.2. The van der Waals surface area contributed by atoms with Gasteiger partial charge in [-0.25, -0.2) is 0 Å². The summed E-state index contributed by atoms with van der Waals surface area (Å²) in [6, 6.07) is 8.33. The third-order valence-corrected chi connectivity index (χ3v) is 4.67. The molecular weight excluding hydrogens is 344 g/mol. The second-order valence-corrected chi connectivity index (χ2v) is 6.64. The van der Waals surface area contributed by atoms with Gasteiger partial charge in [-0.15, -0.1) is 0 Å². The third kappa shape index (κ3) is 4.29. The highest BCUT2D eigenvalue weighted by atomic mass is 32.1. The van der Waals surface area contributed by atoms with Gasteiger partial charge in [0.1, 0.15) is 0 Å². The maximum atomic E-state index is 5.39. The van der Waals surface area contributed by atoms with E-state index in [1.54, 1.807) is 6.20 Å². The molecule has 0 fully saturated rings. The van der Waals surface area contributed by atoms with Gasteiger partial charge < -0.3 is 10.6 Å². The van der Waals surface area contributed by atoms with E-state index in [4.69, 9.17) is 12.2 Å². The van der Waals surface area contributed by atoms with Gasteiger partial charge in [0.05, 0.1) is 24.6 Å². The first-order chi connectivity index (χ1) is 12.6. The average Bonchev–Trinajstić information content (AvgIpc) is 3.21. The van der Waals surface area contributed by atoms with Crippen LogP contribution in [0.15, 0.2) is 42.9 Å². The molecule has 0 saturated heterocycles. The number of hydrogen-bond donors (Lipinski definition) is 2. The number of benzene rings is 1. The monoisotopic (exact) mass is 368 g/mol. The lowest BCUT2D eigenvalue weighted by molar-refractivity contribution is 0.638. The number of rotatable bonds is 6. The first-order valence-electron chi connectivity index (χ1n) is 8.70. The quantitative estimate of drug-likeness (QED) is 0.654. The van der Waals surface area contributed by atoms with E-state index in [2.05, 4.69) is 53.7 Å². The van der Waals surface area contributed by atoms with Gasteiger partial charge in [-0.1, -0.05) is 24.3 Å². The molecule has 136 valence electrons. The van der Waals surface area contributed by atoms with E-state index in [1.807, 2.05) is 33.9 Å². The van der Waals surface area contributed by atoms with E-state index in [9.17, 15) is 0 Å². The Kier molecular flexibility index (Phi) is 5.68. The number of aromatic nitrogens is 4. The molecule has 0 saturated carbocycles. The van der Waals surface area contributed by atoms with Gasteiger partial charge >= 0.3 is 0 Å². The van der Waals surface area contributed by atoms with Crippen LogP contribution in [0.1, 0.15) is 29.3 Å². The lowest BCUT2D eigenvalue weighted by Crippen LogP contribution is -2.27. The Balaban J connectivity index is 1.54. The Hall–Kier alpha value is -2.67. The Morgan fingerprint density at radius 1 is 1.12 bits per heavy atom. The van der Waals surface area contributed by atoms with Crippen molar-refractivity contribution >= 4 is 23.0 Å². The van der Waals surface area contributed by atoms with Gasteiger partial charge in [-0.2, -0.15) is 10.2 Å². The molecule has 6 nitrogen and oxygen atoms in total. The highest BCUT2D eigenvalue weighted by molar-refractivity contribution is 7.80. The van der Waals surface area contributed by atoms with Crippen molar-refractivity contribution in [3.8, 4) is 0 Å². The number of nitrogens with one attached hydrogen (secondary N) is 2. The summed E-state index contributed by atoms with van der Waals surface area (Å²) in [5.41, 5.74) is 5.70. The third-order valence-electron chi connectivity index (χ3n) is 4.43. The summed E-state index contributed by atoms with van der Waals surface area (Å²) >= 11 is 5.39. The van der Waals surface area contributed by atoms with Crippen LogP contribution in [0.4, 0.5) is 5.69 Å². The molecule has 1 aromatic carbocycles. The molecule has 2 aromatic heterocycles. The Bertz CT molecular complexity index is 895. The van der Waals surface area contributed by atoms with E-state index >= 15 is 0 Å². The molecule has 0 atom stereocenters. The molecule has 2 heterocycles. The van der Waals surface area contributed by atoms with E-state index in [0.717, 1.165) is 30.0 Å². The summed E-state index contributed by atoms with van der Waals surface area (Å²) in [7, 11) is 0. The fourth-order valence-electron chi connectivity index (χ4n) is 2.80. The van der Waals surface area contributed by atoms with E-state index < -0.39 is 0 Å². The van der Waals surface area contributed by atoms with Crippen molar-refractivity contribution < 1.29 is 0 Å². The van der Waals surface area contributed by atoms with Crippen molar-refractivity contribution in [3.63, 3.8) is 0 Å². The number of thiocarbonyl (C=S) groups is 1. The van der Waals surface area contributed by atoms with Crippen LogP contribution in [0.3, 0.4) is 0 Å². The van der Waals surface area contributed by atoms with Gasteiger partial charge in [0.25, 0.3) is 0 Å². The van der Waals surface area contributed by atoms with Gasteiger partial charge in [0, 0.05) is 30.5 Å². The SMILES string of the molecule is CCn1ncc(CNC(=S)Nc2cnn(Cc3ccccc3C)c2)c1C. The molecule has 0 aliphatic carbocycles. The largest absolute Gasteiger partial charge is 0.358 e. The molecule has 0 spiro atoms. The Labute approximate surface area is 159 Å². The molecule has 0 amide bonds. The molecular formula is C19H24N6S. The molecule has 3 aromatic rings. The summed E-state index contributed by atoms with van der Waals surface area (Å²) in [4.78, 5) is 0. The zero-order valence-electron chi connectivity index (χ0n) is 15.4. The molecule has 0 aliphatic rings. The Morgan fingerprint density at radius 3 is 2.65 bits per heavy atom. The average molecular weight is 369 g/mol. The fourth-order valence-corrected chi connectivity index (χ4v) is 2.99. The van der Waals surface area contributed by atoms with Crippen LogP contribution in [-0.4, -0.2) is 24.7 Å². The van der Waals surface area contributed by atoms with Crippen molar-refractivity contribution in [2.75, 3.05) is 5.32 Å². The summed E-state index contributed by atoms with van der Waals surface area (Å²) in [5.74, 6) is 0. The van der Waals surface area contributed by atoms with Crippen LogP contribution in [0, 0.1) is 13.8 Å². The summed E-state index contributed by atoms with van der Waals surface area (Å²) in [6.45, 7) is 8.52. The van der Waals surface area contributed by atoms with Crippen LogP contribution in [0.25, 0.3) is 0 Å². The first kappa shape index (κ1) is 18.1. The minimum Gasteiger partial charge on any atom is -0.358 e. The van der Waals surface area contributed by atoms with Crippen molar-refractivity contribution in [1.82, 2.24) is 24.9 Å². The molecule has 3 rings (SSSR count). The fraction of sp³-hybridized carbons (Fsp3) is 0.316. The second kappa shape index (κ2) is 8.14. The zero-order chi connectivity index (χ0) is 18.5. The van der Waals surface area contributed by atoms with Crippen molar-refractivity contribution in [1.29, 1.82) is 0 Å². The summed E-state index contributed by atoms with van der Waals surface area (Å²) < 4.78 is 3.88. The smallest absolute Gasteiger partial charge is 0.171 e. The van der Waals surface area contributed by atoms with Gasteiger partial charge in [0.15, 0.2) is 5.11 Å². The highest BCUT2D eigenvalue weighted by Gasteiger charge is 2.07. The number of hydrogen-bond acceptors (Lipinski definition) is 3. The Morgan fingerprint density at radius 2 is 1.92 bits per heavy atom. The van der Waals surface area contributed by atoms with Crippen molar-refractivity contribution in [2.45, 2.75) is 40.4 Å². The first-order valence-corrected chi connectivity index (χ1v) is 9.10. The number of aryl methyl sites for hydroxylation is 2. The molecule has 0 bridgehead atoms. The predicted molar refractivity (Wildman–Crippen MR) is 108 cm³/mol. The van der Waals surface area contributed by atoms with E-state index in [-0.39, 0.29) is 0 Å². The van der Waals surface area contributed by atoms with Gasteiger partial charge in [0.2, 0.25) is 0 Å². The lowest BCUT2D eigenvalue weighted by Gasteiger charge is -2.09. The van der Waals surface area contributed by atoms with Crippen LogP contribution in [-0.2, 0) is 19.6 Å². The maximum absolute atomic E-state index is 5.39. The molecule has 0 radical (unpaired) electrons. The van der Waals surface area contributed by atoms with Gasteiger partial charge in [-0.05, 0) is 44.1 Å². The molecule has 0 aliphatic heterocycles. The summed E-state index contributed by atoms with van der Waals surface area (Å²) in [5, 5.41) is 15.7. The van der Waals surface area contributed by atoms with Gasteiger partial charge in [-0.3, -0.25) is 9.36 Å². The molecule has 0 unspecified atom stereocenters. The van der Waals surface area contributed by atoms with Crippen molar-refractivity contribution in [3.05, 3.63) is 65.2 Å². The van der Waals surface area contributed by atoms with Crippen LogP contribution in [0.5, 0.6) is 0 Å². The second-order valence-electron chi connectivity index (χ2n) is 6.23. The van der Waals surface area contributed by atoms with Crippen LogP contribution >= 0.6 is 12.2 Å². The molecule has 26 heavy (non-hydrogen) atoms. The normalized spacial score (nSPS) is 10.7. The van der Waals surface area contributed by atoms with Crippen LogP contribution in [0.2, 0.25) is 0 Å². The van der Waals surface area contributed by atoms with Crippen LogP contribution < -0.4 is 10.6 Å². The standard InChI is InChI=1S/C19H24N6S/c1-4-25-15(3)17(10-22-25)9-20-19(26)23-18-11-21-24(13-18)12-16-8-6-5-7-14(16)2/h5-8,10-11,13H,4,9,12H2,1-3H3,(H2,20,23,26). The summed E-state index contributed by atoms with van der Waals surface area (Å²) in [6.07, 6.45) is 5.63. The topological polar surface area (TPSA) is 59.7 Å². The van der Waals surface area contributed by atoms with E-state index in [1.165, 1.54) is 11.1 Å². The maximum Gasteiger partial charge on any atom is 0.171 e. The lowest BCUT2D eigenvalue weighted by atomic mass is 10.1. The molecule has 7 heteroatoms. The number of anilines is 1. The number of nitrogens with zero attached hydrogens (tertiary/aromatic N) is 4. The predicted octanol–water partition coefficient (Wildman–Crippen LogP) is 3.25. The highest BCUT2D eigenvalue weighted by Crippen LogP contribution is 2.12. The molecule has 2 N–H and O–H groups in total. The van der Waals surface area contributed by atoms with E-state index in [0.29, 0.717) is 11.7 Å². The van der Waals surface area contributed by atoms with Crippen molar-refractivity contribution in [2.24, 2.45) is 0 Å². The minimum absolute atomic E-state index is 0.573.